The number of likely N-dealkylation sites (tertiary alicyclic amines) is 1. The van der Waals surface area contributed by atoms with Crippen LogP contribution in [0.2, 0.25) is 0 Å². The quantitative estimate of drug-likeness (QED) is 0.0832. The summed E-state index contributed by atoms with van der Waals surface area (Å²) in [5, 5.41) is 16.8. The Hall–Kier alpha value is -6.08. The molecule has 4 aromatic rings. The van der Waals surface area contributed by atoms with Gasteiger partial charge in [-0.05, 0) is 62.1 Å². The van der Waals surface area contributed by atoms with Gasteiger partial charge in [-0.15, -0.1) is 6.58 Å². The number of hydrogen-bond donors (Lipinski definition) is 3. The molecular weight excluding hydrogens is 829 g/mol. The number of pyridine rings is 1. The fourth-order valence-electron chi connectivity index (χ4n) is 7.11. The zero-order valence-electron chi connectivity index (χ0n) is 34.7. The summed E-state index contributed by atoms with van der Waals surface area (Å²) in [6, 6.07) is 16.0. The van der Waals surface area contributed by atoms with Crippen LogP contribution in [0, 0.1) is 21.4 Å². The van der Waals surface area contributed by atoms with Crippen molar-refractivity contribution in [2.45, 2.75) is 87.9 Å². The highest BCUT2D eigenvalue weighted by atomic mass is 32.2. The van der Waals surface area contributed by atoms with E-state index in [-0.39, 0.29) is 19.4 Å². The van der Waals surface area contributed by atoms with Crippen LogP contribution in [-0.4, -0.2) is 90.0 Å². The Labute approximate surface area is 357 Å². The van der Waals surface area contributed by atoms with Gasteiger partial charge in [-0.1, -0.05) is 57.2 Å². The Bertz CT molecular complexity index is 2500. The lowest BCUT2D eigenvalue weighted by atomic mass is 9.85. The molecule has 3 N–H and O–H groups in total. The highest BCUT2D eigenvalue weighted by Gasteiger charge is 2.61. The number of fused-ring (bicyclic) bond motifs is 1. The van der Waals surface area contributed by atoms with E-state index >= 15 is 0 Å². The summed E-state index contributed by atoms with van der Waals surface area (Å²) in [4.78, 5) is 72.8. The van der Waals surface area contributed by atoms with E-state index in [9.17, 15) is 37.7 Å². The van der Waals surface area contributed by atoms with Crippen molar-refractivity contribution in [1.29, 1.82) is 0 Å². The molecule has 1 saturated carbocycles. The van der Waals surface area contributed by atoms with E-state index in [1.807, 2.05) is 35.1 Å². The van der Waals surface area contributed by atoms with Gasteiger partial charge in [0.1, 0.15) is 45.0 Å². The smallest absolute Gasteiger partial charge is 0.408 e. The fraction of sp³-hybridized carbons (Fsp3) is 0.405. The van der Waals surface area contributed by atoms with Crippen molar-refractivity contribution in [3.63, 3.8) is 0 Å². The standard InChI is InChI=1S/C42H48N6O11S2/c1-9-25-22-42(25,38(51)46-61(55,56)34-18-17-33(60-34)48(53)54)45-36(49)31-20-27(23-47(31)37(50)35(40(2,3)4)44-39(52)59-41(5,6)7)58-32-21-29(24-13-11-10-12-14-24)43-30-19-26(57-8)15-16-28(30)32/h9-19,21,25,27,31,35H,1,20,22-23H2,2-8H3,(H,44,52)(H,45,49)(H,46,51)/t25?,27-,31+,35-,42-/m1/s1. The van der Waals surface area contributed by atoms with Crippen molar-refractivity contribution in [3.8, 4) is 22.8 Å². The van der Waals surface area contributed by atoms with Gasteiger partial charge in [0.2, 0.25) is 11.8 Å². The topological polar surface area (TPSA) is 225 Å². The minimum absolute atomic E-state index is 0.0195. The molecule has 6 rings (SSSR count). The number of sulfonamides is 1. The number of nitrogens with one attached hydrogen (secondary N) is 3. The number of alkyl carbamates (subject to hydrolysis) is 1. The van der Waals surface area contributed by atoms with Crippen LogP contribution >= 0.6 is 11.3 Å². The third kappa shape index (κ3) is 9.78. The van der Waals surface area contributed by atoms with E-state index in [4.69, 9.17) is 19.2 Å². The normalized spacial score (nSPS) is 20.6. The number of thiophene rings is 1. The molecule has 1 unspecified atom stereocenters. The van der Waals surface area contributed by atoms with Crippen molar-refractivity contribution in [3.05, 3.63) is 89.5 Å². The van der Waals surface area contributed by atoms with Gasteiger partial charge >= 0.3 is 11.1 Å². The molecule has 19 heteroatoms. The van der Waals surface area contributed by atoms with Crippen LogP contribution in [0.4, 0.5) is 9.80 Å². The van der Waals surface area contributed by atoms with E-state index in [0.29, 0.717) is 39.4 Å². The molecular formula is C42H48N6O11S2. The second-order valence-electron chi connectivity index (χ2n) is 17.0. The Morgan fingerprint density at radius 2 is 1.75 bits per heavy atom. The molecule has 2 aliphatic rings. The molecule has 0 spiro atoms. The number of carbonyl (C=O) groups is 4. The van der Waals surface area contributed by atoms with E-state index in [2.05, 4.69) is 17.2 Å². The maximum absolute atomic E-state index is 14.7. The molecule has 4 amide bonds. The summed E-state index contributed by atoms with van der Waals surface area (Å²) >= 11 is 0.363. The molecule has 2 aromatic carbocycles. The minimum atomic E-state index is -4.59. The first-order chi connectivity index (χ1) is 28.5. The van der Waals surface area contributed by atoms with Gasteiger partial charge in [0, 0.05) is 41.5 Å². The molecule has 17 nitrogen and oxygen atoms in total. The highest BCUT2D eigenvalue weighted by Crippen LogP contribution is 2.46. The molecule has 2 fully saturated rings. The summed E-state index contributed by atoms with van der Waals surface area (Å²) in [6.45, 7) is 13.9. The van der Waals surface area contributed by atoms with Crippen LogP contribution in [0.3, 0.4) is 0 Å². The van der Waals surface area contributed by atoms with Gasteiger partial charge in [-0.3, -0.25) is 24.5 Å². The van der Waals surface area contributed by atoms with Crippen LogP contribution in [-0.2, 0) is 29.1 Å². The summed E-state index contributed by atoms with van der Waals surface area (Å²) in [7, 11) is -3.05. The van der Waals surface area contributed by atoms with Gasteiger partial charge in [0.15, 0.2) is 0 Å². The average Bonchev–Trinajstić information content (AvgIpc) is 3.47. The third-order valence-electron chi connectivity index (χ3n) is 10.3. The molecule has 61 heavy (non-hydrogen) atoms. The molecule has 1 saturated heterocycles. The molecule has 5 atom stereocenters. The molecule has 324 valence electrons. The van der Waals surface area contributed by atoms with Gasteiger partial charge in [-0.25, -0.2) is 22.9 Å². The fourth-order valence-corrected chi connectivity index (χ4v) is 9.25. The molecule has 3 heterocycles. The number of amides is 4. The van der Waals surface area contributed by atoms with Crippen LogP contribution in [0.25, 0.3) is 22.2 Å². The maximum atomic E-state index is 14.7. The molecule has 2 aromatic heterocycles. The summed E-state index contributed by atoms with van der Waals surface area (Å²) in [5.74, 6) is -2.23. The summed E-state index contributed by atoms with van der Waals surface area (Å²) in [6.07, 6.45) is -0.350. The summed E-state index contributed by atoms with van der Waals surface area (Å²) in [5.41, 5.74) is -1.60. The second kappa shape index (κ2) is 16.8. The molecule has 0 bridgehead atoms. The van der Waals surface area contributed by atoms with Crippen molar-refractivity contribution in [2.75, 3.05) is 13.7 Å². The maximum Gasteiger partial charge on any atom is 0.408 e. The number of benzene rings is 2. The SMILES string of the molecule is C=CC1C[C@]1(NC(=O)[C@@H]1C[C@@H](Oc2cc(-c3ccccc3)nc3cc(OC)ccc23)CN1C(=O)[C@@H](NC(=O)OC(C)(C)C)C(C)(C)C)C(=O)NS(=O)(=O)c1ccc([N+](=O)[O-])s1. The Morgan fingerprint density at radius 3 is 2.34 bits per heavy atom. The van der Waals surface area contributed by atoms with E-state index in [1.165, 1.54) is 11.0 Å². The largest absolute Gasteiger partial charge is 0.497 e. The molecule has 1 aliphatic heterocycles. The second-order valence-corrected chi connectivity index (χ2v) is 19.9. The number of carbonyl (C=O) groups excluding carboxylic acids is 4. The van der Waals surface area contributed by atoms with Crippen LogP contribution < -0.4 is 24.8 Å². The Morgan fingerprint density at radius 1 is 1.05 bits per heavy atom. The van der Waals surface area contributed by atoms with Gasteiger partial charge < -0.3 is 29.7 Å². The Kier molecular flexibility index (Phi) is 12.2. The first-order valence-electron chi connectivity index (χ1n) is 19.3. The first kappa shape index (κ1) is 44.5. The van der Waals surface area contributed by atoms with Gasteiger partial charge in [-0.2, -0.15) is 0 Å². The number of nitrogens with zero attached hydrogens (tertiary/aromatic N) is 3. The van der Waals surface area contributed by atoms with Crippen molar-refractivity contribution in [1.82, 2.24) is 25.2 Å². The van der Waals surface area contributed by atoms with E-state index in [0.717, 1.165) is 17.7 Å². The third-order valence-corrected chi connectivity index (χ3v) is 13.1. The van der Waals surface area contributed by atoms with Crippen molar-refractivity contribution in [2.24, 2.45) is 11.3 Å². The predicted octanol–water partition coefficient (Wildman–Crippen LogP) is 5.73. The lowest BCUT2D eigenvalue weighted by Gasteiger charge is -2.36. The first-order valence-corrected chi connectivity index (χ1v) is 21.6. The Balaban J connectivity index is 1.34. The lowest BCUT2D eigenvalue weighted by molar-refractivity contribution is -0.380. The molecule has 0 radical (unpaired) electrons. The highest BCUT2D eigenvalue weighted by molar-refractivity contribution is 7.92. The van der Waals surface area contributed by atoms with Crippen LogP contribution in [0.15, 0.2) is 83.6 Å². The number of aromatic nitrogens is 1. The monoisotopic (exact) mass is 876 g/mol. The number of nitro groups is 1. The van der Waals surface area contributed by atoms with Gasteiger partial charge in [0.25, 0.3) is 15.9 Å². The van der Waals surface area contributed by atoms with Crippen molar-refractivity contribution >= 4 is 61.1 Å². The van der Waals surface area contributed by atoms with Gasteiger partial charge in [0.05, 0.1) is 29.8 Å². The van der Waals surface area contributed by atoms with Crippen LogP contribution in [0.1, 0.15) is 54.4 Å². The summed E-state index contributed by atoms with van der Waals surface area (Å²) < 4.78 is 45.6. The zero-order valence-corrected chi connectivity index (χ0v) is 36.3. The number of rotatable bonds is 13. The minimum Gasteiger partial charge on any atom is -0.497 e. The van der Waals surface area contributed by atoms with Crippen LogP contribution in [0.5, 0.6) is 11.5 Å². The number of methoxy groups -OCH3 is 1. The number of ether oxygens (including phenoxy) is 3. The predicted molar refractivity (Wildman–Crippen MR) is 226 cm³/mol. The van der Waals surface area contributed by atoms with E-state index in [1.54, 1.807) is 72.9 Å². The lowest BCUT2D eigenvalue weighted by Crippen LogP contribution is -2.60. The van der Waals surface area contributed by atoms with E-state index < -0.39 is 88.6 Å². The zero-order chi connectivity index (χ0) is 44.7. The number of hydrogen-bond acceptors (Lipinski definition) is 13. The average molecular weight is 877 g/mol. The van der Waals surface area contributed by atoms with Crippen molar-refractivity contribution < 1.29 is 46.7 Å². The molecule has 1 aliphatic carbocycles.